The fourth-order valence-corrected chi connectivity index (χ4v) is 0.878. The normalized spacial score (nSPS) is 12.2. The van der Waals surface area contributed by atoms with Crippen molar-refractivity contribution in [2.75, 3.05) is 0 Å². The van der Waals surface area contributed by atoms with Crippen LogP contribution >= 0.6 is 0 Å². The van der Waals surface area contributed by atoms with Crippen molar-refractivity contribution in [1.82, 2.24) is 0 Å². The summed E-state index contributed by atoms with van der Waals surface area (Å²) in [5.41, 5.74) is 6.83. The van der Waals surface area contributed by atoms with Gasteiger partial charge in [-0.25, -0.2) is 0 Å². The SMILES string of the molecule is C[C@H](N)Cc1cc#ccc1. The molecule has 0 saturated carbocycles. The van der Waals surface area contributed by atoms with E-state index in [4.69, 9.17) is 5.73 Å². The molecular weight excluding hydrogens is 122 g/mol. The molecule has 0 aliphatic heterocycles. The van der Waals surface area contributed by atoms with E-state index in [0.717, 1.165) is 6.42 Å². The van der Waals surface area contributed by atoms with E-state index in [2.05, 4.69) is 12.1 Å². The van der Waals surface area contributed by atoms with Crippen LogP contribution in [0, 0.1) is 12.1 Å². The van der Waals surface area contributed by atoms with Crippen LogP contribution in [0.3, 0.4) is 0 Å². The van der Waals surface area contributed by atoms with Crippen molar-refractivity contribution >= 4 is 0 Å². The molecule has 10 heavy (non-hydrogen) atoms. The van der Waals surface area contributed by atoms with Crippen LogP contribution in [0.2, 0.25) is 0 Å². The lowest BCUT2D eigenvalue weighted by Gasteiger charge is -2.01. The Kier molecular flexibility index (Phi) is 2.30. The highest BCUT2D eigenvalue weighted by Crippen LogP contribution is 1.97. The highest BCUT2D eigenvalue weighted by atomic mass is 14.6. The summed E-state index contributed by atoms with van der Waals surface area (Å²) in [7, 11) is 0. The van der Waals surface area contributed by atoms with E-state index in [1.165, 1.54) is 5.56 Å². The summed E-state index contributed by atoms with van der Waals surface area (Å²) in [5, 5.41) is 0. The quantitative estimate of drug-likeness (QED) is 0.644. The minimum Gasteiger partial charge on any atom is -0.328 e. The van der Waals surface area contributed by atoms with Gasteiger partial charge in [-0.15, -0.1) is 0 Å². The second-order valence-electron chi connectivity index (χ2n) is 2.52. The van der Waals surface area contributed by atoms with Crippen LogP contribution < -0.4 is 5.73 Å². The smallest absolute Gasteiger partial charge is 0.00511 e. The van der Waals surface area contributed by atoms with Crippen molar-refractivity contribution in [3.8, 4) is 0 Å². The molecule has 0 aliphatic carbocycles. The van der Waals surface area contributed by atoms with Gasteiger partial charge in [-0.05, 0) is 37.1 Å². The van der Waals surface area contributed by atoms with E-state index in [0.29, 0.717) is 0 Å². The maximum Gasteiger partial charge on any atom is 0.00511 e. The molecule has 2 N–H and O–H groups in total. The molecule has 0 fully saturated rings. The Bertz CT molecular complexity index is 179. The second kappa shape index (κ2) is 3.24. The molecule has 1 aromatic rings. The lowest BCUT2D eigenvalue weighted by molar-refractivity contribution is 0.738. The van der Waals surface area contributed by atoms with Gasteiger partial charge in [0.15, 0.2) is 0 Å². The minimum absolute atomic E-state index is 0.232. The molecule has 0 bridgehead atoms. The van der Waals surface area contributed by atoms with Crippen LogP contribution in [0.15, 0.2) is 18.2 Å². The van der Waals surface area contributed by atoms with Gasteiger partial charge in [0.05, 0.1) is 0 Å². The average Bonchev–Trinajstić information content (AvgIpc) is 1.88. The molecule has 1 aromatic carbocycles. The van der Waals surface area contributed by atoms with Gasteiger partial charge in [0, 0.05) is 6.04 Å². The van der Waals surface area contributed by atoms with Gasteiger partial charge in [-0.1, -0.05) is 12.1 Å². The first-order valence-corrected chi connectivity index (χ1v) is 3.41. The number of nitrogens with two attached hydrogens (primary N) is 1. The van der Waals surface area contributed by atoms with Crippen molar-refractivity contribution in [3.63, 3.8) is 0 Å². The summed E-state index contributed by atoms with van der Waals surface area (Å²) in [6, 6.07) is 11.8. The Labute approximate surface area is 61.9 Å². The largest absolute Gasteiger partial charge is 0.328 e. The Morgan fingerprint density at radius 2 is 2.40 bits per heavy atom. The van der Waals surface area contributed by atoms with Crippen LogP contribution in [0.4, 0.5) is 0 Å². The predicted molar refractivity (Wildman–Crippen MR) is 41.5 cm³/mol. The van der Waals surface area contributed by atoms with E-state index in [1.54, 1.807) is 0 Å². The summed E-state index contributed by atoms with van der Waals surface area (Å²) in [6.45, 7) is 2.00. The highest BCUT2D eigenvalue weighted by molar-refractivity contribution is 5.10. The minimum atomic E-state index is 0.232. The zero-order valence-corrected chi connectivity index (χ0v) is 6.09. The van der Waals surface area contributed by atoms with Crippen molar-refractivity contribution in [2.24, 2.45) is 5.73 Å². The second-order valence-corrected chi connectivity index (χ2v) is 2.52. The third-order valence-corrected chi connectivity index (χ3v) is 1.28. The molecule has 0 radical (unpaired) electrons. The maximum atomic E-state index is 5.60. The number of hydrogen-bond donors (Lipinski definition) is 1. The van der Waals surface area contributed by atoms with Crippen LogP contribution in [0.1, 0.15) is 12.5 Å². The molecule has 0 heterocycles. The molecule has 1 heteroatoms. The Morgan fingerprint density at radius 3 is 2.90 bits per heavy atom. The van der Waals surface area contributed by atoms with Crippen LogP contribution in [-0.4, -0.2) is 6.04 Å². The standard InChI is InChI=1S/C9H11N/c1-8(10)7-9-5-3-2-4-6-9/h3,5-6,8H,7,10H2,1H3/t8-/m0/s1. The molecule has 1 rings (SSSR count). The van der Waals surface area contributed by atoms with Gasteiger partial charge < -0.3 is 5.73 Å². The monoisotopic (exact) mass is 133 g/mol. The summed E-state index contributed by atoms with van der Waals surface area (Å²) in [5.74, 6) is 0. The van der Waals surface area contributed by atoms with Gasteiger partial charge in [-0.2, -0.15) is 0 Å². The topological polar surface area (TPSA) is 26.0 Å². The van der Waals surface area contributed by atoms with Crippen molar-refractivity contribution in [1.29, 1.82) is 0 Å². The average molecular weight is 133 g/mol. The first-order chi connectivity index (χ1) is 4.79. The van der Waals surface area contributed by atoms with E-state index in [9.17, 15) is 0 Å². The zero-order chi connectivity index (χ0) is 7.40. The third-order valence-electron chi connectivity index (χ3n) is 1.28. The molecule has 0 spiro atoms. The molecule has 0 aliphatic rings. The van der Waals surface area contributed by atoms with Crippen LogP contribution in [0.25, 0.3) is 0 Å². The molecule has 1 nitrogen and oxygen atoms in total. The fraction of sp³-hybridized carbons (Fsp3) is 0.333. The lowest BCUT2D eigenvalue weighted by atomic mass is 10.1. The number of hydrogen-bond acceptors (Lipinski definition) is 1. The molecular formula is C9H11N. The molecule has 0 saturated heterocycles. The Morgan fingerprint density at radius 1 is 1.60 bits per heavy atom. The van der Waals surface area contributed by atoms with Gasteiger partial charge in [0.25, 0.3) is 0 Å². The lowest BCUT2D eigenvalue weighted by Crippen LogP contribution is -2.17. The summed E-state index contributed by atoms with van der Waals surface area (Å²) < 4.78 is 0. The zero-order valence-electron chi connectivity index (χ0n) is 6.09. The van der Waals surface area contributed by atoms with E-state index < -0.39 is 0 Å². The molecule has 52 valence electrons. The van der Waals surface area contributed by atoms with Gasteiger partial charge in [0.2, 0.25) is 0 Å². The highest BCUT2D eigenvalue weighted by Gasteiger charge is 1.94. The predicted octanol–water partition coefficient (Wildman–Crippen LogP) is 1.18. The number of rotatable bonds is 2. The Balaban J connectivity index is 2.59. The Hall–Kier alpha value is -1.00. The van der Waals surface area contributed by atoms with Gasteiger partial charge in [0.1, 0.15) is 0 Å². The summed E-state index contributed by atoms with van der Waals surface area (Å²) in [4.78, 5) is 0. The molecule has 1 atom stereocenters. The maximum absolute atomic E-state index is 5.60. The van der Waals surface area contributed by atoms with Crippen molar-refractivity contribution in [3.05, 3.63) is 35.9 Å². The van der Waals surface area contributed by atoms with Crippen molar-refractivity contribution in [2.45, 2.75) is 19.4 Å². The summed E-state index contributed by atoms with van der Waals surface area (Å²) in [6.07, 6.45) is 0.922. The van der Waals surface area contributed by atoms with E-state index >= 15 is 0 Å². The molecule has 0 amide bonds. The van der Waals surface area contributed by atoms with Crippen LogP contribution in [-0.2, 0) is 6.42 Å². The molecule has 0 unspecified atom stereocenters. The van der Waals surface area contributed by atoms with E-state index in [-0.39, 0.29) is 6.04 Å². The van der Waals surface area contributed by atoms with E-state index in [1.807, 2.05) is 25.1 Å². The van der Waals surface area contributed by atoms with Gasteiger partial charge in [-0.3, -0.25) is 0 Å². The fourth-order valence-electron chi connectivity index (χ4n) is 0.878. The molecule has 0 aromatic heterocycles. The first-order valence-electron chi connectivity index (χ1n) is 3.41. The van der Waals surface area contributed by atoms with Crippen molar-refractivity contribution < 1.29 is 0 Å². The summed E-state index contributed by atoms with van der Waals surface area (Å²) >= 11 is 0. The van der Waals surface area contributed by atoms with Crippen LogP contribution in [0.5, 0.6) is 0 Å². The van der Waals surface area contributed by atoms with Gasteiger partial charge >= 0.3 is 0 Å². The first kappa shape index (κ1) is 7.11. The third kappa shape index (κ3) is 2.08.